The van der Waals surface area contributed by atoms with E-state index >= 15 is 0 Å². The van der Waals surface area contributed by atoms with Gasteiger partial charge in [0.05, 0.1) is 4.92 Å². The minimum absolute atomic E-state index is 0.0169. The highest BCUT2D eigenvalue weighted by Crippen LogP contribution is 2.46. The van der Waals surface area contributed by atoms with E-state index in [0.717, 1.165) is 27.1 Å². The highest BCUT2D eigenvalue weighted by atomic mass is 16.6. The van der Waals surface area contributed by atoms with Crippen LogP contribution in [0.1, 0.15) is 22.6 Å². The lowest BCUT2D eigenvalue weighted by molar-refractivity contribution is -0.384. The Labute approximate surface area is 184 Å². The average molecular weight is 421 g/mol. The lowest BCUT2D eigenvalue weighted by Gasteiger charge is -2.24. The molecule has 0 amide bonds. The first kappa shape index (κ1) is 19.6. The molecule has 0 saturated heterocycles. The van der Waals surface area contributed by atoms with Crippen molar-refractivity contribution in [2.45, 2.75) is 5.92 Å². The monoisotopic (exact) mass is 421 g/mol. The molecule has 5 heteroatoms. The fourth-order valence-electron chi connectivity index (χ4n) is 4.44. The number of hydrogen-bond donors (Lipinski definition) is 2. The number of nitro groups is 1. The second-order valence-electron chi connectivity index (χ2n) is 7.72. The largest absolute Gasteiger partial charge is 0.508 e. The van der Waals surface area contributed by atoms with Crippen LogP contribution in [0.3, 0.4) is 0 Å². The first-order valence-corrected chi connectivity index (χ1v) is 10.2. The van der Waals surface area contributed by atoms with Crippen LogP contribution >= 0.6 is 0 Å². The molecule has 0 aliphatic rings. The summed E-state index contributed by atoms with van der Waals surface area (Å²) < 4.78 is 0. The van der Waals surface area contributed by atoms with E-state index in [2.05, 4.69) is 0 Å². The van der Waals surface area contributed by atoms with Gasteiger partial charge in [-0.15, -0.1) is 0 Å². The highest BCUT2D eigenvalue weighted by Gasteiger charge is 2.27. The molecule has 0 fully saturated rings. The van der Waals surface area contributed by atoms with E-state index in [0.29, 0.717) is 11.1 Å². The van der Waals surface area contributed by atoms with Gasteiger partial charge in [0, 0.05) is 29.2 Å². The first-order chi connectivity index (χ1) is 15.5. The Morgan fingerprint density at radius 2 is 1.09 bits per heavy atom. The van der Waals surface area contributed by atoms with Gasteiger partial charge in [-0.05, 0) is 39.2 Å². The number of benzene rings is 5. The average Bonchev–Trinajstić information content (AvgIpc) is 2.82. The number of nitro benzene ring substituents is 1. The Kier molecular flexibility index (Phi) is 4.71. The van der Waals surface area contributed by atoms with Crippen LogP contribution in [0.5, 0.6) is 11.5 Å². The van der Waals surface area contributed by atoms with Gasteiger partial charge in [0.2, 0.25) is 0 Å². The Hall–Kier alpha value is -4.38. The number of phenolic OH excluding ortho intramolecular Hbond substituents is 2. The molecule has 0 bridgehead atoms. The lowest BCUT2D eigenvalue weighted by Crippen LogP contribution is -2.06. The molecule has 5 aromatic rings. The molecule has 32 heavy (non-hydrogen) atoms. The van der Waals surface area contributed by atoms with E-state index in [1.54, 1.807) is 24.3 Å². The maximum atomic E-state index is 11.2. The Morgan fingerprint density at radius 1 is 0.625 bits per heavy atom. The molecule has 0 unspecified atom stereocenters. The normalized spacial score (nSPS) is 11.3. The van der Waals surface area contributed by atoms with E-state index in [4.69, 9.17) is 0 Å². The third kappa shape index (κ3) is 3.20. The van der Waals surface area contributed by atoms with Crippen LogP contribution in [0.15, 0.2) is 97.1 Å². The van der Waals surface area contributed by atoms with E-state index < -0.39 is 10.8 Å². The van der Waals surface area contributed by atoms with Crippen molar-refractivity contribution < 1.29 is 15.1 Å². The minimum Gasteiger partial charge on any atom is -0.508 e. The third-order valence-electron chi connectivity index (χ3n) is 5.91. The van der Waals surface area contributed by atoms with Crippen molar-refractivity contribution >= 4 is 27.2 Å². The number of phenols is 2. The van der Waals surface area contributed by atoms with Gasteiger partial charge in [-0.25, -0.2) is 0 Å². The molecule has 0 aromatic heterocycles. The predicted molar refractivity (Wildman–Crippen MR) is 125 cm³/mol. The zero-order chi connectivity index (χ0) is 22.2. The Bertz CT molecular complexity index is 1390. The summed E-state index contributed by atoms with van der Waals surface area (Å²) in [6.07, 6.45) is 0. The van der Waals surface area contributed by atoms with Gasteiger partial charge in [-0.1, -0.05) is 72.8 Å². The summed E-state index contributed by atoms with van der Waals surface area (Å²) in [6, 6.07) is 28.7. The van der Waals surface area contributed by atoms with Crippen molar-refractivity contribution in [2.75, 3.05) is 0 Å². The lowest BCUT2D eigenvalue weighted by atomic mass is 9.80. The van der Waals surface area contributed by atoms with E-state index in [1.165, 1.54) is 12.1 Å². The predicted octanol–water partition coefficient (Wildman–Crippen LogP) is 6.49. The van der Waals surface area contributed by atoms with Crippen molar-refractivity contribution in [3.05, 3.63) is 124 Å². The van der Waals surface area contributed by atoms with Crippen molar-refractivity contribution in [1.82, 2.24) is 0 Å². The van der Waals surface area contributed by atoms with Crippen LogP contribution in [0.4, 0.5) is 5.69 Å². The van der Waals surface area contributed by atoms with Crippen molar-refractivity contribution in [2.24, 2.45) is 0 Å². The zero-order valence-electron chi connectivity index (χ0n) is 17.0. The summed E-state index contributed by atoms with van der Waals surface area (Å²) in [6.45, 7) is 0. The van der Waals surface area contributed by atoms with Crippen LogP contribution in [-0.4, -0.2) is 15.1 Å². The van der Waals surface area contributed by atoms with Crippen molar-refractivity contribution in [3.63, 3.8) is 0 Å². The van der Waals surface area contributed by atoms with Gasteiger partial charge < -0.3 is 10.2 Å². The third-order valence-corrected chi connectivity index (χ3v) is 5.91. The van der Waals surface area contributed by atoms with Gasteiger partial charge in [0.1, 0.15) is 11.5 Å². The minimum atomic E-state index is -0.548. The highest BCUT2D eigenvalue weighted by molar-refractivity contribution is 5.93. The maximum Gasteiger partial charge on any atom is 0.269 e. The molecule has 0 atom stereocenters. The molecule has 2 N–H and O–H groups in total. The molecule has 0 heterocycles. The molecular formula is C27H19NO4. The molecule has 0 aliphatic carbocycles. The second-order valence-corrected chi connectivity index (χ2v) is 7.72. The molecule has 5 rings (SSSR count). The molecule has 0 saturated carbocycles. The molecule has 156 valence electrons. The number of hydrogen-bond acceptors (Lipinski definition) is 4. The van der Waals surface area contributed by atoms with E-state index in [1.807, 2.05) is 60.7 Å². The van der Waals surface area contributed by atoms with Gasteiger partial charge in [0.25, 0.3) is 5.69 Å². The summed E-state index contributed by atoms with van der Waals surface area (Å²) in [4.78, 5) is 10.8. The molecule has 5 aromatic carbocycles. The first-order valence-electron chi connectivity index (χ1n) is 10.2. The molecule has 0 spiro atoms. The van der Waals surface area contributed by atoms with Crippen LogP contribution in [-0.2, 0) is 0 Å². The number of rotatable bonds is 4. The van der Waals surface area contributed by atoms with Crippen LogP contribution in [0, 0.1) is 10.1 Å². The number of nitrogens with zero attached hydrogens (tertiary/aromatic N) is 1. The number of aromatic hydroxyl groups is 2. The fourth-order valence-corrected chi connectivity index (χ4v) is 4.44. The summed E-state index contributed by atoms with van der Waals surface area (Å²) >= 11 is 0. The maximum absolute atomic E-state index is 11.2. The quantitative estimate of drug-likeness (QED) is 0.197. The van der Waals surface area contributed by atoms with Gasteiger partial charge >= 0.3 is 0 Å². The van der Waals surface area contributed by atoms with Crippen LogP contribution in [0.25, 0.3) is 21.5 Å². The summed E-state index contributed by atoms with van der Waals surface area (Å²) in [5.74, 6) is -0.355. The summed E-state index contributed by atoms with van der Waals surface area (Å²) in [5, 5.41) is 36.8. The topological polar surface area (TPSA) is 83.6 Å². The number of fused-ring (bicyclic) bond motifs is 2. The Morgan fingerprint density at radius 3 is 1.56 bits per heavy atom. The fraction of sp³-hybridized carbons (Fsp3) is 0.0370. The Balaban J connectivity index is 1.88. The molecule has 5 nitrogen and oxygen atoms in total. The molecular weight excluding hydrogens is 402 g/mol. The van der Waals surface area contributed by atoms with Crippen molar-refractivity contribution in [3.8, 4) is 11.5 Å². The SMILES string of the molecule is O=[N+]([O-])c1ccc(C(c2c(O)ccc3ccccc23)c2c(O)ccc3ccccc23)cc1. The van der Waals surface area contributed by atoms with Gasteiger partial charge in [-0.2, -0.15) is 0 Å². The van der Waals surface area contributed by atoms with Crippen molar-refractivity contribution in [1.29, 1.82) is 0 Å². The van der Waals surface area contributed by atoms with E-state index in [9.17, 15) is 20.3 Å². The van der Waals surface area contributed by atoms with Crippen LogP contribution < -0.4 is 0 Å². The van der Waals surface area contributed by atoms with Gasteiger partial charge in [-0.3, -0.25) is 10.1 Å². The number of non-ortho nitro benzene ring substituents is 1. The zero-order valence-corrected chi connectivity index (χ0v) is 17.0. The standard InChI is InChI=1S/C27H19NO4/c29-23-15-11-17-5-1-3-7-21(17)26(23)25(19-9-13-20(14-10-19)28(31)32)27-22-8-4-2-6-18(22)12-16-24(27)30/h1-16,25,29-30H. The smallest absolute Gasteiger partial charge is 0.269 e. The van der Waals surface area contributed by atoms with Gasteiger partial charge in [0.15, 0.2) is 0 Å². The molecule has 0 aliphatic heterocycles. The van der Waals surface area contributed by atoms with E-state index in [-0.39, 0.29) is 17.2 Å². The summed E-state index contributed by atoms with van der Waals surface area (Å²) in [7, 11) is 0. The molecule has 0 radical (unpaired) electrons. The second kappa shape index (κ2) is 7.71. The summed E-state index contributed by atoms with van der Waals surface area (Å²) in [5.41, 5.74) is 2.00. The van der Waals surface area contributed by atoms with Crippen LogP contribution in [0.2, 0.25) is 0 Å².